The average Bonchev–Trinajstić information content (AvgIpc) is 2.15. The Hall–Kier alpha value is 0.610. The third kappa shape index (κ3) is 8.42. The lowest BCUT2D eigenvalue weighted by molar-refractivity contribution is 0.341. The molecule has 0 aromatic carbocycles. The molecule has 15 heavy (non-hydrogen) atoms. The van der Waals surface area contributed by atoms with E-state index < -0.39 is 3.67 Å². The number of alkyl halides is 1. The molecule has 4 heteroatoms. The zero-order valence-corrected chi connectivity index (χ0v) is 12.0. The van der Waals surface area contributed by atoms with Gasteiger partial charge >= 0.3 is 0 Å². The van der Waals surface area contributed by atoms with Crippen LogP contribution >= 0.6 is 22.6 Å². The van der Waals surface area contributed by atoms with Crippen LogP contribution in [-0.2, 0) is 0 Å². The molecule has 0 heterocycles. The van der Waals surface area contributed by atoms with Gasteiger partial charge in [-0.15, -0.1) is 0 Å². The first-order chi connectivity index (χ1) is 7.02. The third-order valence-electron chi connectivity index (χ3n) is 2.79. The summed E-state index contributed by atoms with van der Waals surface area (Å²) in [6.45, 7) is 2.96. The molecular formula is C11H26IN3. The second-order valence-corrected chi connectivity index (χ2v) is 6.17. The van der Waals surface area contributed by atoms with Crippen LogP contribution in [0.2, 0.25) is 0 Å². The van der Waals surface area contributed by atoms with Gasteiger partial charge in [-0.05, 0) is 54.3 Å². The van der Waals surface area contributed by atoms with Crippen molar-refractivity contribution in [2.24, 2.45) is 23.1 Å². The minimum absolute atomic E-state index is 0.401. The maximum atomic E-state index is 5.96. The van der Waals surface area contributed by atoms with Gasteiger partial charge in [0.1, 0.15) is 3.67 Å². The molecule has 3 nitrogen and oxygen atoms in total. The third-order valence-corrected chi connectivity index (χ3v) is 3.67. The largest absolute Gasteiger partial charge is 0.330 e. The normalized spacial score (nSPS) is 14.2. The minimum Gasteiger partial charge on any atom is -0.330 e. The van der Waals surface area contributed by atoms with Crippen LogP contribution in [0.1, 0.15) is 51.9 Å². The highest BCUT2D eigenvalue weighted by Crippen LogP contribution is 2.27. The van der Waals surface area contributed by atoms with Crippen molar-refractivity contribution in [3.63, 3.8) is 0 Å². The highest BCUT2D eigenvalue weighted by Gasteiger charge is 2.26. The molecule has 0 aromatic rings. The summed E-state index contributed by atoms with van der Waals surface area (Å²) in [6, 6.07) is 0. The van der Waals surface area contributed by atoms with Crippen LogP contribution in [0.15, 0.2) is 0 Å². The van der Waals surface area contributed by atoms with E-state index in [4.69, 9.17) is 17.2 Å². The zero-order valence-electron chi connectivity index (χ0n) is 9.84. The van der Waals surface area contributed by atoms with Crippen molar-refractivity contribution in [1.82, 2.24) is 0 Å². The first-order valence-corrected chi connectivity index (χ1v) is 7.07. The molecule has 0 aliphatic rings. The Morgan fingerprint density at radius 3 is 2.13 bits per heavy atom. The Morgan fingerprint density at radius 1 is 1.07 bits per heavy atom. The van der Waals surface area contributed by atoms with Gasteiger partial charge in [0, 0.05) is 0 Å². The van der Waals surface area contributed by atoms with Crippen molar-refractivity contribution >= 4 is 22.6 Å². The number of hydrogen-bond acceptors (Lipinski definition) is 3. The fourth-order valence-corrected chi connectivity index (χ4v) is 2.39. The number of rotatable bonds is 9. The molecular weight excluding hydrogens is 301 g/mol. The minimum atomic E-state index is -0.570. The van der Waals surface area contributed by atoms with Crippen molar-refractivity contribution in [3.8, 4) is 0 Å². The van der Waals surface area contributed by atoms with E-state index in [0.717, 1.165) is 25.8 Å². The van der Waals surface area contributed by atoms with Gasteiger partial charge in [-0.25, -0.2) is 0 Å². The quantitative estimate of drug-likeness (QED) is 0.200. The maximum absolute atomic E-state index is 5.96. The fraction of sp³-hybridized carbons (Fsp3) is 1.00. The molecule has 0 aliphatic carbocycles. The predicted molar refractivity (Wildman–Crippen MR) is 75.7 cm³/mol. The first-order valence-electron chi connectivity index (χ1n) is 5.99. The summed E-state index contributed by atoms with van der Waals surface area (Å²) in [7, 11) is 0. The van der Waals surface area contributed by atoms with Crippen molar-refractivity contribution < 1.29 is 0 Å². The highest BCUT2D eigenvalue weighted by molar-refractivity contribution is 14.1. The van der Waals surface area contributed by atoms with E-state index in [0.29, 0.717) is 5.92 Å². The van der Waals surface area contributed by atoms with Gasteiger partial charge in [0.15, 0.2) is 0 Å². The Morgan fingerprint density at radius 2 is 1.67 bits per heavy atom. The molecule has 0 fully saturated rings. The monoisotopic (exact) mass is 327 g/mol. The topological polar surface area (TPSA) is 78.1 Å². The SMILES string of the molecule is CCCCCCC(CCCN)C(N)(N)I. The summed E-state index contributed by atoms with van der Waals surface area (Å²) in [6.07, 6.45) is 8.33. The van der Waals surface area contributed by atoms with Crippen LogP contribution in [0.25, 0.3) is 0 Å². The molecule has 6 N–H and O–H groups in total. The van der Waals surface area contributed by atoms with E-state index in [-0.39, 0.29) is 0 Å². The highest BCUT2D eigenvalue weighted by atomic mass is 127. The van der Waals surface area contributed by atoms with Crippen molar-refractivity contribution in [2.75, 3.05) is 6.54 Å². The molecule has 0 aliphatic heterocycles. The zero-order chi connectivity index (χ0) is 11.7. The second kappa shape index (κ2) is 8.73. The molecule has 92 valence electrons. The molecule has 1 atom stereocenters. The van der Waals surface area contributed by atoms with Gasteiger partial charge in [-0.2, -0.15) is 0 Å². The molecule has 0 spiro atoms. The van der Waals surface area contributed by atoms with Crippen LogP contribution in [0.4, 0.5) is 0 Å². The molecule has 0 rings (SSSR count). The molecule has 0 bridgehead atoms. The van der Waals surface area contributed by atoms with Gasteiger partial charge in [0.05, 0.1) is 0 Å². The van der Waals surface area contributed by atoms with E-state index in [1.807, 2.05) is 0 Å². The summed E-state index contributed by atoms with van der Waals surface area (Å²) in [4.78, 5) is 0. The van der Waals surface area contributed by atoms with Gasteiger partial charge in [0.2, 0.25) is 0 Å². The summed E-state index contributed by atoms with van der Waals surface area (Å²) < 4.78 is -0.570. The molecule has 0 radical (unpaired) electrons. The lowest BCUT2D eigenvalue weighted by Gasteiger charge is -2.28. The Bertz CT molecular complexity index is 145. The van der Waals surface area contributed by atoms with Crippen molar-refractivity contribution in [1.29, 1.82) is 0 Å². The van der Waals surface area contributed by atoms with Crippen LogP contribution in [-0.4, -0.2) is 10.2 Å². The summed E-state index contributed by atoms with van der Waals surface area (Å²) in [5, 5.41) is 0. The molecule has 0 aromatic heterocycles. The van der Waals surface area contributed by atoms with Gasteiger partial charge < -0.3 is 17.2 Å². The van der Waals surface area contributed by atoms with E-state index in [2.05, 4.69) is 29.5 Å². The van der Waals surface area contributed by atoms with Gasteiger partial charge in [-0.1, -0.05) is 32.6 Å². The summed E-state index contributed by atoms with van der Waals surface area (Å²) in [5.74, 6) is 0.401. The molecule has 0 saturated carbocycles. The molecule has 0 saturated heterocycles. The van der Waals surface area contributed by atoms with Crippen LogP contribution in [0, 0.1) is 5.92 Å². The number of nitrogens with two attached hydrogens (primary N) is 3. The molecule has 0 amide bonds. The lowest BCUT2D eigenvalue weighted by atomic mass is 9.93. The fourth-order valence-electron chi connectivity index (χ4n) is 1.77. The number of halogens is 1. The standard InChI is InChI=1S/C11H26IN3/c1-2-3-4-5-7-10(8-6-9-13)11(12,14)15/h10H,2-9,13-15H2,1H3. The van der Waals surface area contributed by atoms with E-state index >= 15 is 0 Å². The summed E-state index contributed by atoms with van der Waals surface area (Å²) in [5.41, 5.74) is 17.4. The van der Waals surface area contributed by atoms with Gasteiger partial charge in [-0.3, -0.25) is 0 Å². The summed E-state index contributed by atoms with van der Waals surface area (Å²) >= 11 is 2.15. The van der Waals surface area contributed by atoms with Crippen LogP contribution in [0.5, 0.6) is 0 Å². The van der Waals surface area contributed by atoms with E-state index in [1.165, 1.54) is 25.7 Å². The van der Waals surface area contributed by atoms with E-state index in [1.54, 1.807) is 0 Å². The molecule has 1 unspecified atom stereocenters. The van der Waals surface area contributed by atoms with Crippen molar-refractivity contribution in [2.45, 2.75) is 55.5 Å². The second-order valence-electron chi connectivity index (χ2n) is 4.30. The Labute approximate surface area is 108 Å². The van der Waals surface area contributed by atoms with Crippen LogP contribution < -0.4 is 17.2 Å². The lowest BCUT2D eigenvalue weighted by Crippen LogP contribution is -2.49. The Kier molecular flexibility index (Phi) is 9.08. The van der Waals surface area contributed by atoms with Crippen LogP contribution in [0.3, 0.4) is 0 Å². The van der Waals surface area contributed by atoms with Gasteiger partial charge in [0.25, 0.3) is 0 Å². The number of hydrogen-bond donors (Lipinski definition) is 3. The maximum Gasteiger partial charge on any atom is 0.120 e. The number of unbranched alkanes of at least 4 members (excludes halogenated alkanes) is 3. The van der Waals surface area contributed by atoms with Crippen molar-refractivity contribution in [3.05, 3.63) is 0 Å². The van der Waals surface area contributed by atoms with E-state index in [9.17, 15) is 0 Å². The Balaban J connectivity index is 3.81. The predicted octanol–water partition coefficient (Wildman–Crippen LogP) is 2.32. The first kappa shape index (κ1) is 15.6. The average molecular weight is 327 g/mol. The smallest absolute Gasteiger partial charge is 0.120 e.